The van der Waals surface area contributed by atoms with E-state index in [0.717, 1.165) is 0 Å². The lowest BCUT2D eigenvalue weighted by molar-refractivity contribution is -0.203. The minimum absolute atomic E-state index is 0.0544. The molecule has 6 nitrogen and oxygen atoms in total. The van der Waals surface area contributed by atoms with Crippen LogP contribution in [-0.2, 0) is 19.1 Å². The van der Waals surface area contributed by atoms with Gasteiger partial charge in [0, 0.05) is 27.2 Å². The number of rotatable bonds is 5. The average molecular weight is 231 g/mol. The van der Waals surface area contributed by atoms with Crippen molar-refractivity contribution in [3.05, 3.63) is 0 Å². The summed E-state index contributed by atoms with van der Waals surface area (Å²) in [6.07, 6.45) is 0.0544. The van der Waals surface area contributed by atoms with Crippen molar-refractivity contribution in [2.24, 2.45) is 5.92 Å². The van der Waals surface area contributed by atoms with Crippen molar-refractivity contribution in [3.8, 4) is 0 Å². The predicted octanol–water partition coefficient (Wildman–Crippen LogP) is -0.0715. The molecule has 0 spiro atoms. The Morgan fingerprint density at radius 2 is 2.12 bits per heavy atom. The first-order valence-electron chi connectivity index (χ1n) is 5.02. The molecule has 1 amide bonds. The Kier molecular flexibility index (Phi) is 3.88. The lowest BCUT2D eigenvalue weighted by Crippen LogP contribution is -2.44. The van der Waals surface area contributed by atoms with E-state index in [2.05, 4.69) is 0 Å². The average Bonchev–Trinajstić information content (AvgIpc) is 2.60. The van der Waals surface area contributed by atoms with Crippen molar-refractivity contribution >= 4 is 11.9 Å². The van der Waals surface area contributed by atoms with Crippen LogP contribution in [0.15, 0.2) is 0 Å². The van der Waals surface area contributed by atoms with Gasteiger partial charge in [-0.1, -0.05) is 0 Å². The number of carboxylic acid groups (broad SMARTS) is 1. The van der Waals surface area contributed by atoms with E-state index in [1.54, 1.807) is 6.92 Å². The largest absolute Gasteiger partial charge is 0.481 e. The van der Waals surface area contributed by atoms with Crippen LogP contribution in [0.1, 0.15) is 13.3 Å². The van der Waals surface area contributed by atoms with Gasteiger partial charge in [0.15, 0.2) is 5.79 Å². The summed E-state index contributed by atoms with van der Waals surface area (Å²) in [7, 11) is 2.97. The van der Waals surface area contributed by atoms with Crippen molar-refractivity contribution in [2.75, 3.05) is 27.3 Å². The Bertz CT molecular complexity index is 287. The Hall–Kier alpha value is -1.14. The highest BCUT2D eigenvalue weighted by Crippen LogP contribution is 2.21. The van der Waals surface area contributed by atoms with Crippen LogP contribution in [0.25, 0.3) is 0 Å². The van der Waals surface area contributed by atoms with Crippen LogP contribution in [0, 0.1) is 5.92 Å². The van der Waals surface area contributed by atoms with Crippen LogP contribution in [0.4, 0.5) is 0 Å². The summed E-state index contributed by atoms with van der Waals surface area (Å²) >= 11 is 0. The summed E-state index contributed by atoms with van der Waals surface area (Å²) in [5.74, 6) is -2.62. The van der Waals surface area contributed by atoms with Crippen molar-refractivity contribution in [1.29, 1.82) is 0 Å². The molecule has 1 aliphatic heterocycles. The maximum absolute atomic E-state index is 11.6. The van der Waals surface area contributed by atoms with E-state index < -0.39 is 17.7 Å². The third-order valence-electron chi connectivity index (χ3n) is 2.91. The number of hydrogen-bond donors (Lipinski definition) is 1. The van der Waals surface area contributed by atoms with Gasteiger partial charge in [-0.05, 0) is 6.92 Å². The van der Waals surface area contributed by atoms with Crippen LogP contribution < -0.4 is 0 Å². The maximum Gasteiger partial charge on any atom is 0.308 e. The first-order chi connectivity index (χ1) is 7.41. The van der Waals surface area contributed by atoms with Crippen LogP contribution in [-0.4, -0.2) is 55.0 Å². The molecule has 1 rings (SSSR count). The molecule has 0 saturated carbocycles. The second kappa shape index (κ2) is 4.80. The molecule has 0 aliphatic carbocycles. The SMILES string of the molecule is COC(C)(CN1CC(C(=O)O)CC1=O)OC. The molecule has 1 N–H and O–H groups in total. The summed E-state index contributed by atoms with van der Waals surface area (Å²) in [6, 6.07) is 0. The van der Waals surface area contributed by atoms with Gasteiger partial charge in [0.25, 0.3) is 0 Å². The van der Waals surface area contributed by atoms with Crippen LogP contribution in [0.2, 0.25) is 0 Å². The molecule has 1 heterocycles. The second-order valence-corrected chi connectivity index (χ2v) is 4.06. The molecule has 0 radical (unpaired) electrons. The molecular weight excluding hydrogens is 214 g/mol. The number of methoxy groups -OCH3 is 2. The van der Waals surface area contributed by atoms with Gasteiger partial charge in [-0.25, -0.2) is 0 Å². The lowest BCUT2D eigenvalue weighted by atomic mass is 10.1. The highest BCUT2D eigenvalue weighted by molar-refractivity contribution is 5.86. The molecule has 1 unspecified atom stereocenters. The lowest BCUT2D eigenvalue weighted by Gasteiger charge is -2.31. The van der Waals surface area contributed by atoms with Crippen LogP contribution in [0.5, 0.6) is 0 Å². The quantitative estimate of drug-likeness (QED) is 0.670. The standard InChI is InChI=1S/C10H17NO5/c1-10(15-2,16-3)6-11-5-7(9(13)14)4-8(11)12/h7H,4-6H2,1-3H3,(H,13,14). The zero-order chi connectivity index (χ0) is 12.3. The topological polar surface area (TPSA) is 76.1 Å². The summed E-state index contributed by atoms with van der Waals surface area (Å²) in [4.78, 5) is 23.8. The first-order valence-corrected chi connectivity index (χ1v) is 5.02. The van der Waals surface area contributed by atoms with E-state index in [4.69, 9.17) is 14.6 Å². The third kappa shape index (κ3) is 2.70. The number of carbonyl (C=O) groups is 2. The van der Waals surface area contributed by atoms with E-state index in [0.29, 0.717) is 0 Å². The zero-order valence-electron chi connectivity index (χ0n) is 9.73. The monoisotopic (exact) mass is 231 g/mol. The molecule has 1 aliphatic rings. The highest BCUT2D eigenvalue weighted by Gasteiger charge is 2.38. The van der Waals surface area contributed by atoms with Crippen LogP contribution >= 0.6 is 0 Å². The minimum atomic E-state index is -0.938. The number of likely N-dealkylation sites (tertiary alicyclic amines) is 1. The normalized spacial score (nSPS) is 21.6. The first kappa shape index (κ1) is 12.9. The molecule has 1 fully saturated rings. The molecule has 92 valence electrons. The van der Waals surface area contributed by atoms with Gasteiger partial charge in [-0.15, -0.1) is 0 Å². The molecular formula is C10H17NO5. The van der Waals surface area contributed by atoms with Crippen molar-refractivity contribution < 1.29 is 24.2 Å². The number of hydrogen-bond acceptors (Lipinski definition) is 4. The summed E-state index contributed by atoms with van der Waals surface area (Å²) < 4.78 is 10.3. The highest BCUT2D eigenvalue weighted by atomic mass is 16.7. The molecule has 0 aromatic rings. The second-order valence-electron chi connectivity index (χ2n) is 4.06. The third-order valence-corrected chi connectivity index (χ3v) is 2.91. The van der Waals surface area contributed by atoms with Gasteiger partial charge in [-0.3, -0.25) is 9.59 Å². The fourth-order valence-electron chi connectivity index (χ4n) is 1.65. The Morgan fingerprint density at radius 1 is 1.56 bits per heavy atom. The number of carboxylic acids is 1. The van der Waals surface area contributed by atoms with Gasteiger partial charge in [0.05, 0.1) is 12.5 Å². The molecule has 6 heteroatoms. The zero-order valence-corrected chi connectivity index (χ0v) is 9.73. The molecule has 0 aromatic heterocycles. The Labute approximate surface area is 94.1 Å². The fourth-order valence-corrected chi connectivity index (χ4v) is 1.65. The smallest absolute Gasteiger partial charge is 0.308 e. The number of ether oxygens (including phenoxy) is 2. The summed E-state index contributed by atoms with van der Waals surface area (Å²) in [6.45, 7) is 2.16. The Balaban J connectivity index is 2.62. The minimum Gasteiger partial charge on any atom is -0.481 e. The van der Waals surface area contributed by atoms with Crippen LogP contribution in [0.3, 0.4) is 0 Å². The molecule has 1 saturated heterocycles. The predicted molar refractivity (Wildman–Crippen MR) is 54.7 cm³/mol. The molecule has 0 aromatic carbocycles. The van der Waals surface area contributed by atoms with Gasteiger partial charge in [0.1, 0.15) is 0 Å². The van der Waals surface area contributed by atoms with Crippen molar-refractivity contribution in [1.82, 2.24) is 4.90 Å². The maximum atomic E-state index is 11.6. The van der Waals surface area contributed by atoms with Gasteiger partial charge < -0.3 is 19.5 Å². The van der Waals surface area contributed by atoms with E-state index in [1.807, 2.05) is 0 Å². The summed E-state index contributed by atoms with van der Waals surface area (Å²) in [5, 5.41) is 8.82. The molecule has 1 atom stereocenters. The van der Waals surface area contributed by atoms with E-state index in [-0.39, 0.29) is 25.4 Å². The van der Waals surface area contributed by atoms with Gasteiger partial charge >= 0.3 is 5.97 Å². The molecule has 0 bridgehead atoms. The van der Waals surface area contributed by atoms with E-state index >= 15 is 0 Å². The number of nitrogens with zero attached hydrogens (tertiary/aromatic N) is 1. The van der Waals surface area contributed by atoms with E-state index in [9.17, 15) is 9.59 Å². The number of amides is 1. The van der Waals surface area contributed by atoms with Crippen molar-refractivity contribution in [3.63, 3.8) is 0 Å². The van der Waals surface area contributed by atoms with Gasteiger partial charge in [0.2, 0.25) is 5.91 Å². The Morgan fingerprint density at radius 3 is 2.50 bits per heavy atom. The van der Waals surface area contributed by atoms with Gasteiger partial charge in [-0.2, -0.15) is 0 Å². The van der Waals surface area contributed by atoms with Crippen molar-refractivity contribution in [2.45, 2.75) is 19.1 Å². The number of carbonyl (C=O) groups excluding carboxylic acids is 1. The van der Waals surface area contributed by atoms with E-state index in [1.165, 1.54) is 19.1 Å². The summed E-state index contributed by atoms with van der Waals surface area (Å²) in [5.41, 5.74) is 0. The molecule has 16 heavy (non-hydrogen) atoms. The fraction of sp³-hybridized carbons (Fsp3) is 0.800. The number of aliphatic carboxylic acids is 1.